The Kier molecular flexibility index (Phi) is 5.49. The van der Waals surface area contributed by atoms with Crippen LogP contribution in [0.4, 0.5) is 4.39 Å². The number of hydrogen-bond donors (Lipinski definition) is 2. The SMILES string of the molecule is O[C@](C[NH2+]Cc1ccccc1Cl)(c1ccccc1)c1ccc(F)cc1. The van der Waals surface area contributed by atoms with E-state index >= 15 is 0 Å². The highest BCUT2D eigenvalue weighted by Crippen LogP contribution is 2.28. The zero-order valence-electron chi connectivity index (χ0n) is 13.7. The molecule has 0 bridgehead atoms. The van der Waals surface area contributed by atoms with E-state index in [0.29, 0.717) is 23.7 Å². The molecule has 3 N–H and O–H groups in total. The van der Waals surface area contributed by atoms with E-state index in [1.54, 1.807) is 12.1 Å². The summed E-state index contributed by atoms with van der Waals surface area (Å²) in [5, 5.41) is 14.1. The molecule has 0 saturated carbocycles. The molecule has 0 saturated heterocycles. The van der Waals surface area contributed by atoms with Crippen molar-refractivity contribution in [1.29, 1.82) is 0 Å². The summed E-state index contributed by atoms with van der Waals surface area (Å²) in [6.07, 6.45) is 0. The molecule has 0 amide bonds. The van der Waals surface area contributed by atoms with Gasteiger partial charge < -0.3 is 10.4 Å². The van der Waals surface area contributed by atoms with E-state index in [2.05, 4.69) is 0 Å². The minimum Gasteiger partial charge on any atom is -0.375 e. The molecule has 4 heteroatoms. The van der Waals surface area contributed by atoms with Gasteiger partial charge in [-0.15, -0.1) is 0 Å². The molecule has 128 valence electrons. The second-order valence-corrected chi connectivity index (χ2v) is 6.43. The third kappa shape index (κ3) is 4.07. The van der Waals surface area contributed by atoms with Crippen LogP contribution in [0.3, 0.4) is 0 Å². The van der Waals surface area contributed by atoms with Gasteiger partial charge in [-0.1, -0.05) is 72.3 Å². The number of rotatable bonds is 6. The van der Waals surface area contributed by atoms with Gasteiger partial charge in [0.15, 0.2) is 5.60 Å². The molecule has 0 aromatic heterocycles. The fourth-order valence-corrected chi connectivity index (χ4v) is 3.16. The molecule has 0 spiro atoms. The van der Waals surface area contributed by atoms with Gasteiger partial charge in [-0.3, -0.25) is 0 Å². The van der Waals surface area contributed by atoms with Crippen LogP contribution in [-0.2, 0) is 12.1 Å². The Bertz CT molecular complexity index is 823. The van der Waals surface area contributed by atoms with Gasteiger partial charge in [-0.05, 0) is 29.3 Å². The van der Waals surface area contributed by atoms with E-state index in [4.69, 9.17) is 11.6 Å². The number of aliphatic hydroxyl groups is 1. The normalized spacial score (nSPS) is 13.4. The number of hydrogen-bond acceptors (Lipinski definition) is 1. The molecular formula is C21H20ClFNO+. The lowest BCUT2D eigenvalue weighted by Crippen LogP contribution is -2.86. The van der Waals surface area contributed by atoms with Gasteiger partial charge in [-0.25, -0.2) is 4.39 Å². The standard InChI is InChI=1S/C21H19ClFNO/c22-20-9-5-4-6-16(20)14-24-15-21(25,17-7-2-1-3-8-17)18-10-12-19(23)13-11-18/h1-13,24-25H,14-15H2/p+1/t21-/m1/s1. The maximum Gasteiger partial charge on any atom is 0.163 e. The molecule has 0 aliphatic carbocycles. The Morgan fingerprint density at radius 2 is 1.44 bits per heavy atom. The predicted octanol–water partition coefficient (Wildman–Crippen LogP) is 3.48. The van der Waals surface area contributed by atoms with Crippen LogP contribution in [0.25, 0.3) is 0 Å². The summed E-state index contributed by atoms with van der Waals surface area (Å²) in [5.74, 6) is -0.320. The molecule has 0 heterocycles. The van der Waals surface area contributed by atoms with Crippen molar-refractivity contribution >= 4 is 11.6 Å². The lowest BCUT2D eigenvalue weighted by molar-refractivity contribution is -0.682. The summed E-state index contributed by atoms with van der Waals surface area (Å²) in [4.78, 5) is 0. The van der Waals surface area contributed by atoms with E-state index < -0.39 is 5.60 Å². The quantitative estimate of drug-likeness (QED) is 0.697. The summed E-state index contributed by atoms with van der Waals surface area (Å²) in [5.41, 5.74) is 1.24. The summed E-state index contributed by atoms with van der Waals surface area (Å²) >= 11 is 6.20. The van der Waals surface area contributed by atoms with Gasteiger partial charge >= 0.3 is 0 Å². The Labute approximate surface area is 151 Å². The molecule has 3 aromatic rings. The summed E-state index contributed by atoms with van der Waals surface area (Å²) < 4.78 is 13.3. The molecule has 0 aliphatic rings. The van der Waals surface area contributed by atoms with Gasteiger partial charge in [0.2, 0.25) is 0 Å². The third-order valence-electron chi connectivity index (χ3n) is 4.33. The molecule has 0 radical (unpaired) electrons. The van der Waals surface area contributed by atoms with Crippen LogP contribution in [0.15, 0.2) is 78.9 Å². The molecule has 3 rings (SSSR count). The Morgan fingerprint density at radius 1 is 0.840 bits per heavy atom. The van der Waals surface area contributed by atoms with Gasteiger partial charge in [0.05, 0.1) is 0 Å². The molecule has 2 nitrogen and oxygen atoms in total. The molecule has 0 unspecified atom stereocenters. The number of nitrogens with two attached hydrogens (primary N) is 1. The van der Waals surface area contributed by atoms with E-state index in [0.717, 1.165) is 11.1 Å². The highest BCUT2D eigenvalue weighted by molar-refractivity contribution is 6.31. The molecule has 25 heavy (non-hydrogen) atoms. The Hall–Kier alpha value is -2.20. The van der Waals surface area contributed by atoms with E-state index in [1.807, 2.05) is 59.9 Å². The number of halogens is 2. The van der Waals surface area contributed by atoms with Gasteiger partial charge in [0.1, 0.15) is 18.9 Å². The molecule has 3 aromatic carbocycles. The minimum absolute atomic E-state index is 0.320. The topological polar surface area (TPSA) is 36.8 Å². The van der Waals surface area contributed by atoms with Crippen molar-refractivity contribution in [3.05, 3.63) is 106 Å². The third-order valence-corrected chi connectivity index (χ3v) is 4.70. The van der Waals surface area contributed by atoms with Crippen molar-refractivity contribution in [3.8, 4) is 0 Å². The van der Waals surface area contributed by atoms with Gasteiger partial charge in [0, 0.05) is 10.6 Å². The fourth-order valence-electron chi connectivity index (χ4n) is 2.94. The maximum atomic E-state index is 13.3. The van der Waals surface area contributed by atoms with Crippen molar-refractivity contribution in [3.63, 3.8) is 0 Å². The lowest BCUT2D eigenvalue weighted by atomic mass is 9.86. The molecule has 0 fully saturated rings. The predicted molar refractivity (Wildman–Crippen MR) is 97.8 cm³/mol. The summed E-state index contributed by atoms with van der Waals surface area (Å²) in [7, 11) is 0. The Morgan fingerprint density at radius 3 is 2.12 bits per heavy atom. The van der Waals surface area contributed by atoms with Crippen LogP contribution < -0.4 is 5.32 Å². The van der Waals surface area contributed by atoms with E-state index in [1.165, 1.54) is 12.1 Å². The first kappa shape index (κ1) is 17.6. The lowest BCUT2D eigenvalue weighted by Gasteiger charge is -2.27. The van der Waals surface area contributed by atoms with Crippen LogP contribution >= 0.6 is 11.6 Å². The first-order valence-electron chi connectivity index (χ1n) is 8.18. The zero-order valence-corrected chi connectivity index (χ0v) is 14.5. The van der Waals surface area contributed by atoms with Crippen molar-refractivity contribution in [2.75, 3.05) is 6.54 Å². The second kappa shape index (κ2) is 7.79. The van der Waals surface area contributed by atoms with Crippen molar-refractivity contribution in [1.82, 2.24) is 0 Å². The molecule has 1 atom stereocenters. The first-order chi connectivity index (χ1) is 12.1. The average Bonchev–Trinajstić information content (AvgIpc) is 2.64. The number of quaternary nitrogens is 1. The summed E-state index contributed by atoms with van der Waals surface area (Å²) in [6.45, 7) is 1.05. The highest BCUT2D eigenvalue weighted by Gasteiger charge is 2.33. The van der Waals surface area contributed by atoms with Crippen molar-refractivity contribution < 1.29 is 14.8 Å². The van der Waals surface area contributed by atoms with E-state index in [-0.39, 0.29) is 5.82 Å². The van der Waals surface area contributed by atoms with Gasteiger partial charge in [0.25, 0.3) is 0 Å². The van der Waals surface area contributed by atoms with Crippen LogP contribution in [0, 0.1) is 5.82 Å². The highest BCUT2D eigenvalue weighted by atomic mass is 35.5. The second-order valence-electron chi connectivity index (χ2n) is 6.02. The van der Waals surface area contributed by atoms with Crippen molar-refractivity contribution in [2.45, 2.75) is 12.1 Å². The fraction of sp³-hybridized carbons (Fsp3) is 0.143. The van der Waals surface area contributed by atoms with Crippen LogP contribution in [0.1, 0.15) is 16.7 Å². The van der Waals surface area contributed by atoms with Crippen molar-refractivity contribution in [2.24, 2.45) is 0 Å². The maximum absolute atomic E-state index is 13.3. The molecule has 0 aliphatic heterocycles. The number of benzene rings is 3. The largest absolute Gasteiger partial charge is 0.375 e. The summed E-state index contributed by atoms with van der Waals surface area (Å²) in [6, 6.07) is 23.1. The first-order valence-corrected chi connectivity index (χ1v) is 8.56. The van der Waals surface area contributed by atoms with Gasteiger partial charge in [-0.2, -0.15) is 0 Å². The molecular weight excluding hydrogens is 337 g/mol. The van der Waals surface area contributed by atoms with Crippen LogP contribution in [-0.4, -0.2) is 11.7 Å². The zero-order chi connectivity index (χ0) is 17.7. The monoisotopic (exact) mass is 356 g/mol. The van der Waals surface area contributed by atoms with Crippen LogP contribution in [0.5, 0.6) is 0 Å². The minimum atomic E-state index is -1.21. The smallest absolute Gasteiger partial charge is 0.163 e. The van der Waals surface area contributed by atoms with E-state index in [9.17, 15) is 9.50 Å². The van der Waals surface area contributed by atoms with Crippen LogP contribution in [0.2, 0.25) is 5.02 Å². The average molecular weight is 357 g/mol. The Balaban J connectivity index is 1.84.